The minimum absolute atomic E-state index is 0.0645. The van der Waals surface area contributed by atoms with E-state index in [2.05, 4.69) is 41.5 Å². The summed E-state index contributed by atoms with van der Waals surface area (Å²) in [6.45, 7) is 13.4. The fourth-order valence-electron chi connectivity index (χ4n) is 1.85. The van der Waals surface area contributed by atoms with Crippen molar-refractivity contribution in [1.29, 1.82) is 0 Å². The summed E-state index contributed by atoms with van der Waals surface area (Å²) in [6, 6.07) is 0. The molecule has 1 unspecified atom stereocenters. The number of hydrogen-bond acceptors (Lipinski definition) is 0. The third kappa shape index (κ3) is 5.57. The summed E-state index contributed by atoms with van der Waals surface area (Å²) in [4.78, 5) is -0.0645. The molecule has 0 aromatic heterocycles. The summed E-state index contributed by atoms with van der Waals surface area (Å²) in [7, 11) is 0. The highest BCUT2D eigenvalue weighted by atomic mass is 35.5. The summed E-state index contributed by atoms with van der Waals surface area (Å²) < 4.78 is 0. The van der Waals surface area contributed by atoms with E-state index in [1.54, 1.807) is 0 Å². The molecule has 0 aromatic rings. The maximum atomic E-state index is 6.29. The molecule has 0 aliphatic heterocycles. The van der Waals surface area contributed by atoms with Crippen LogP contribution in [0.15, 0.2) is 0 Å². The van der Waals surface area contributed by atoms with Crippen molar-refractivity contribution in [2.45, 2.75) is 65.7 Å². The van der Waals surface area contributed by atoms with Crippen LogP contribution in [-0.4, -0.2) is 4.87 Å². The molecule has 0 saturated carbocycles. The normalized spacial score (nSPS) is 15.9. The second-order valence-corrected chi connectivity index (χ2v) is 6.56. The van der Waals surface area contributed by atoms with Gasteiger partial charge in [0.1, 0.15) is 0 Å². The van der Waals surface area contributed by atoms with Crippen molar-refractivity contribution >= 4 is 11.6 Å². The van der Waals surface area contributed by atoms with Crippen molar-refractivity contribution in [1.82, 2.24) is 0 Å². The minimum Gasteiger partial charge on any atom is -0.120 e. The van der Waals surface area contributed by atoms with Crippen LogP contribution in [0.4, 0.5) is 0 Å². The summed E-state index contributed by atoms with van der Waals surface area (Å²) >= 11 is 6.29. The Morgan fingerprint density at radius 3 is 1.92 bits per heavy atom. The average Bonchev–Trinajstić information content (AvgIpc) is 1.83. The van der Waals surface area contributed by atoms with Crippen LogP contribution in [0, 0.1) is 11.3 Å². The Bertz CT molecular complexity index is 142. The standard InChI is InChI=1S/C12H25Cl/c1-7-8-11(3,4)9-10(2)12(5,6)13/h10H,7-9H2,1-6H3. The lowest BCUT2D eigenvalue weighted by Gasteiger charge is -2.33. The SMILES string of the molecule is CCCC(C)(C)CC(C)C(C)(C)Cl. The summed E-state index contributed by atoms with van der Waals surface area (Å²) in [5.74, 6) is 0.579. The van der Waals surface area contributed by atoms with Crippen molar-refractivity contribution in [3.05, 3.63) is 0 Å². The van der Waals surface area contributed by atoms with Crippen LogP contribution >= 0.6 is 11.6 Å². The lowest BCUT2D eigenvalue weighted by atomic mass is 9.76. The van der Waals surface area contributed by atoms with Gasteiger partial charge < -0.3 is 0 Å². The third-order valence-electron chi connectivity index (χ3n) is 2.96. The summed E-state index contributed by atoms with van der Waals surface area (Å²) in [5, 5.41) is 0. The summed E-state index contributed by atoms with van der Waals surface area (Å²) in [6.07, 6.45) is 3.78. The molecular weight excluding hydrogens is 180 g/mol. The van der Waals surface area contributed by atoms with E-state index in [9.17, 15) is 0 Å². The molecule has 0 aliphatic carbocycles. The zero-order valence-corrected chi connectivity index (χ0v) is 10.8. The molecule has 1 heteroatoms. The Hall–Kier alpha value is 0.290. The average molecular weight is 205 g/mol. The Morgan fingerprint density at radius 2 is 1.62 bits per heavy atom. The van der Waals surface area contributed by atoms with Crippen LogP contribution in [0.3, 0.4) is 0 Å². The molecule has 0 aliphatic rings. The lowest BCUT2D eigenvalue weighted by molar-refractivity contribution is 0.231. The molecule has 0 heterocycles. The Kier molecular flexibility index (Phi) is 4.79. The molecule has 0 fully saturated rings. The highest BCUT2D eigenvalue weighted by molar-refractivity contribution is 6.23. The largest absolute Gasteiger partial charge is 0.120 e. The van der Waals surface area contributed by atoms with Crippen LogP contribution in [0.25, 0.3) is 0 Å². The minimum atomic E-state index is -0.0645. The fraction of sp³-hybridized carbons (Fsp3) is 1.00. The second-order valence-electron chi connectivity index (χ2n) is 5.58. The first-order chi connectivity index (χ1) is 5.69. The zero-order chi connectivity index (χ0) is 10.7. The van der Waals surface area contributed by atoms with E-state index in [0.29, 0.717) is 11.3 Å². The Morgan fingerprint density at radius 1 is 1.15 bits per heavy atom. The van der Waals surface area contributed by atoms with E-state index < -0.39 is 0 Å². The molecule has 0 aromatic carbocycles. The van der Waals surface area contributed by atoms with Crippen molar-refractivity contribution in [2.24, 2.45) is 11.3 Å². The summed E-state index contributed by atoms with van der Waals surface area (Å²) in [5.41, 5.74) is 0.445. The van der Waals surface area contributed by atoms with Gasteiger partial charge in [0.2, 0.25) is 0 Å². The van der Waals surface area contributed by atoms with E-state index in [1.807, 2.05) is 0 Å². The van der Waals surface area contributed by atoms with Crippen molar-refractivity contribution in [3.63, 3.8) is 0 Å². The molecule has 13 heavy (non-hydrogen) atoms. The number of rotatable bonds is 5. The maximum Gasteiger partial charge on any atom is 0.0416 e. The van der Waals surface area contributed by atoms with E-state index >= 15 is 0 Å². The molecule has 80 valence electrons. The van der Waals surface area contributed by atoms with Crippen LogP contribution in [0.2, 0.25) is 0 Å². The van der Waals surface area contributed by atoms with Crippen LogP contribution in [0.5, 0.6) is 0 Å². The zero-order valence-electron chi connectivity index (χ0n) is 10.1. The number of hydrogen-bond donors (Lipinski definition) is 0. The van der Waals surface area contributed by atoms with Crippen LogP contribution in [-0.2, 0) is 0 Å². The van der Waals surface area contributed by atoms with Crippen LogP contribution in [0.1, 0.15) is 60.8 Å². The van der Waals surface area contributed by atoms with Gasteiger partial charge in [-0.1, -0.05) is 34.1 Å². The van der Waals surface area contributed by atoms with Gasteiger partial charge in [0.05, 0.1) is 0 Å². The third-order valence-corrected chi connectivity index (χ3v) is 3.33. The lowest BCUT2D eigenvalue weighted by Crippen LogP contribution is -2.27. The fourth-order valence-corrected chi connectivity index (χ4v) is 1.93. The van der Waals surface area contributed by atoms with Gasteiger partial charge in [0, 0.05) is 4.87 Å². The predicted octanol–water partition coefficient (Wildman–Crippen LogP) is 4.86. The molecule has 0 radical (unpaired) electrons. The van der Waals surface area contributed by atoms with Crippen molar-refractivity contribution in [2.75, 3.05) is 0 Å². The Balaban J connectivity index is 4.11. The van der Waals surface area contributed by atoms with E-state index in [-0.39, 0.29) is 4.87 Å². The molecular formula is C12H25Cl. The van der Waals surface area contributed by atoms with Gasteiger partial charge in [-0.25, -0.2) is 0 Å². The number of alkyl halides is 1. The first-order valence-corrected chi connectivity index (χ1v) is 5.76. The molecule has 0 saturated heterocycles. The van der Waals surface area contributed by atoms with Gasteiger partial charge in [-0.2, -0.15) is 0 Å². The Labute approximate surface area is 89.1 Å². The van der Waals surface area contributed by atoms with Crippen molar-refractivity contribution < 1.29 is 0 Å². The molecule has 0 N–H and O–H groups in total. The highest BCUT2D eigenvalue weighted by Crippen LogP contribution is 2.37. The molecule has 0 bridgehead atoms. The first kappa shape index (κ1) is 13.3. The maximum absolute atomic E-state index is 6.29. The number of halogens is 1. The quantitative estimate of drug-likeness (QED) is 0.562. The monoisotopic (exact) mass is 204 g/mol. The predicted molar refractivity (Wildman–Crippen MR) is 62.4 cm³/mol. The first-order valence-electron chi connectivity index (χ1n) is 5.38. The van der Waals surface area contributed by atoms with E-state index in [4.69, 9.17) is 11.6 Å². The van der Waals surface area contributed by atoms with Gasteiger partial charge in [-0.3, -0.25) is 0 Å². The molecule has 1 atom stereocenters. The van der Waals surface area contributed by atoms with Gasteiger partial charge in [-0.15, -0.1) is 11.6 Å². The van der Waals surface area contributed by atoms with Crippen LogP contribution < -0.4 is 0 Å². The smallest absolute Gasteiger partial charge is 0.0416 e. The molecule has 0 rings (SSSR count). The van der Waals surface area contributed by atoms with Gasteiger partial charge in [0.15, 0.2) is 0 Å². The van der Waals surface area contributed by atoms with Gasteiger partial charge in [-0.05, 0) is 38.0 Å². The van der Waals surface area contributed by atoms with Gasteiger partial charge in [0.25, 0.3) is 0 Å². The van der Waals surface area contributed by atoms with E-state index in [0.717, 1.165) is 0 Å². The molecule has 0 spiro atoms. The molecule has 0 nitrogen and oxygen atoms in total. The highest BCUT2D eigenvalue weighted by Gasteiger charge is 2.28. The van der Waals surface area contributed by atoms with Gasteiger partial charge >= 0.3 is 0 Å². The topological polar surface area (TPSA) is 0 Å². The van der Waals surface area contributed by atoms with Crippen molar-refractivity contribution in [3.8, 4) is 0 Å². The molecule has 0 amide bonds. The second kappa shape index (κ2) is 4.68. The van der Waals surface area contributed by atoms with E-state index in [1.165, 1.54) is 19.3 Å².